The van der Waals surface area contributed by atoms with Gasteiger partial charge in [-0.05, 0) is 12.2 Å². The minimum absolute atomic E-state index is 0.465. The molecule has 0 bridgehead atoms. The van der Waals surface area contributed by atoms with Crippen molar-refractivity contribution in [2.45, 2.75) is 0 Å². The normalized spacial score (nSPS) is 8.50. The van der Waals surface area contributed by atoms with Crippen LogP contribution in [0.4, 0.5) is 0 Å². The molecular formula is C5H11N3OS. The molecule has 0 atom stereocenters. The van der Waals surface area contributed by atoms with E-state index in [1.807, 2.05) is 0 Å². The first-order chi connectivity index (χ1) is 4.81. The van der Waals surface area contributed by atoms with Gasteiger partial charge in [-0.3, -0.25) is 5.43 Å². The van der Waals surface area contributed by atoms with Crippen LogP contribution in [0.25, 0.3) is 0 Å². The van der Waals surface area contributed by atoms with Gasteiger partial charge < -0.3 is 10.1 Å². The zero-order chi connectivity index (χ0) is 7.82. The molecule has 0 heterocycles. The van der Waals surface area contributed by atoms with Crippen molar-refractivity contribution in [2.75, 3.05) is 20.3 Å². The summed E-state index contributed by atoms with van der Waals surface area (Å²) in [6.07, 6.45) is 0. The van der Waals surface area contributed by atoms with E-state index < -0.39 is 0 Å². The van der Waals surface area contributed by atoms with Crippen molar-refractivity contribution in [1.82, 2.24) is 10.7 Å². The van der Waals surface area contributed by atoms with E-state index in [0.29, 0.717) is 18.3 Å². The molecule has 0 amide bonds. The molecule has 0 aliphatic rings. The quantitative estimate of drug-likeness (QED) is 0.257. The fourth-order valence-corrected chi connectivity index (χ4v) is 0.545. The zero-order valence-electron chi connectivity index (χ0n) is 5.89. The molecule has 10 heavy (non-hydrogen) atoms. The number of hydrogen-bond acceptors (Lipinski definition) is 3. The maximum atomic E-state index is 4.77. The number of rotatable bonds is 4. The monoisotopic (exact) mass is 161 g/mol. The summed E-state index contributed by atoms with van der Waals surface area (Å²) in [6.45, 7) is 4.51. The third-order valence-electron chi connectivity index (χ3n) is 0.772. The van der Waals surface area contributed by atoms with E-state index in [0.717, 1.165) is 0 Å². The second-order valence-corrected chi connectivity index (χ2v) is 1.93. The van der Waals surface area contributed by atoms with Crippen molar-refractivity contribution in [3.8, 4) is 0 Å². The highest BCUT2D eigenvalue weighted by Gasteiger charge is 1.88. The maximum Gasteiger partial charge on any atom is 0.187 e. The molecule has 58 valence electrons. The molecule has 0 aromatic rings. The molecule has 0 aromatic carbocycles. The highest BCUT2D eigenvalue weighted by molar-refractivity contribution is 7.80. The first-order valence-corrected chi connectivity index (χ1v) is 3.20. The number of nitrogens with one attached hydrogen (secondary N) is 2. The van der Waals surface area contributed by atoms with E-state index in [9.17, 15) is 0 Å². The molecule has 0 spiro atoms. The number of methoxy groups -OCH3 is 1. The van der Waals surface area contributed by atoms with Crippen LogP contribution in [0.15, 0.2) is 5.10 Å². The molecule has 0 saturated heterocycles. The topological polar surface area (TPSA) is 45.7 Å². The minimum atomic E-state index is 0.465. The van der Waals surface area contributed by atoms with Gasteiger partial charge in [0.2, 0.25) is 0 Å². The first-order valence-electron chi connectivity index (χ1n) is 2.79. The van der Waals surface area contributed by atoms with Crippen LogP contribution in [0, 0.1) is 0 Å². The fourth-order valence-electron chi connectivity index (χ4n) is 0.378. The van der Waals surface area contributed by atoms with Gasteiger partial charge >= 0.3 is 0 Å². The summed E-state index contributed by atoms with van der Waals surface area (Å²) < 4.78 is 4.77. The molecule has 5 heteroatoms. The number of ether oxygens (including phenoxy) is 1. The Morgan fingerprint density at radius 3 is 3.00 bits per heavy atom. The summed E-state index contributed by atoms with van der Waals surface area (Å²) in [4.78, 5) is 0. The Morgan fingerprint density at radius 2 is 2.50 bits per heavy atom. The summed E-state index contributed by atoms with van der Waals surface area (Å²) in [5, 5.41) is 6.68. The second kappa shape index (κ2) is 6.44. The fraction of sp³-hybridized carbons (Fsp3) is 0.600. The lowest BCUT2D eigenvalue weighted by Gasteiger charge is -2.04. The second-order valence-electron chi connectivity index (χ2n) is 1.52. The molecule has 4 nitrogen and oxygen atoms in total. The number of nitrogens with zero attached hydrogens (tertiary/aromatic N) is 1. The summed E-state index contributed by atoms with van der Waals surface area (Å²) in [7, 11) is 1.63. The van der Waals surface area contributed by atoms with E-state index in [1.54, 1.807) is 7.11 Å². The number of hydrazone groups is 1. The summed E-state index contributed by atoms with van der Waals surface area (Å²) >= 11 is 4.75. The predicted molar refractivity (Wildman–Crippen MR) is 45.2 cm³/mol. The Balaban J connectivity index is 3.13. The van der Waals surface area contributed by atoms with Crippen molar-refractivity contribution in [3.05, 3.63) is 0 Å². The summed E-state index contributed by atoms with van der Waals surface area (Å²) in [5.41, 5.74) is 2.48. The molecule has 0 aliphatic heterocycles. The average molecular weight is 161 g/mol. The van der Waals surface area contributed by atoms with Crippen LogP contribution in [-0.2, 0) is 4.74 Å². The summed E-state index contributed by atoms with van der Waals surface area (Å²) in [6, 6.07) is 0. The van der Waals surface area contributed by atoms with E-state index >= 15 is 0 Å². The van der Waals surface area contributed by atoms with Gasteiger partial charge in [0.05, 0.1) is 6.61 Å². The van der Waals surface area contributed by atoms with Crippen LogP contribution >= 0.6 is 12.2 Å². The average Bonchev–Trinajstić information content (AvgIpc) is 1.89. The Kier molecular flexibility index (Phi) is 6.00. The smallest absolute Gasteiger partial charge is 0.187 e. The lowest BCUT2D eigenvalue weighted by atomic mass is 10.7. The van der Waals surface area contributed by atoms with Crippen molar-refractivity contribution in [3.63, 3.8) is 0 Å². The van der Waals surface area contributed by atoms with Gasteiger partial charge in [0.25, 0.3) is 0 Å². The van der Waals surface area contributed by atoms with Crippen LogP contribution in [0.3, 0.4) is 0 Å². The molecule has 0 aliphatic carbocycles. The van der Waals surface area contributed by atoms with E-state index in [2.05, 4.69) is 22.6 Å². The standard InChI is InChI=1S/C5H11N3OS/c1-6-8-5(10)7-3-4-9-2/h1,3-4H2,2H3,(H2,7,8,10). The molecule has 0 saturated carbocycles. The van der Waals surface area contributed by atoms with Crippen LogP contribution in [-0.4, -0.2) is 32.1 Å². The molecule has 0 aromatic heterocycles. The Hall–Kier alpha value is -0.680. The van der Waals surface area contributed by atoms with Gasteiger partial charge in [0.1, 0.15) is 0 Å². The zero-order valence-corrected chi connectivity index (χ0v) is 6.70. The van der Waals surface area contributed by atoms with E-state index in [-0.39, 0.29) is 0 Å². The van der Waals surface area contributed by atoms with Crippen LogP contribution in [0.2, 0.25) is 0 Å². The van der Waals surface area contributed by atoms with Crippen LogP contribution in [0.5, 0.6) is 0 Å². The number of thiocarbonyl (C=S) groups is 1. The lowest BCUT2D eigenvalue weighted by Crippen LogP contribution is -2.33. The van der Waals surface area contributed by atoms with Gasteiger partial charge in [0, 0.05) is 20.4 Å². The van der Waals surface area contributed by atoms with E-state index in [4.69, 9.17) is 17.0 Å². The van der Waals surface area contributed by atoms with Gasteiger partial charge in [-0.2, -0.15) is 5.10 Å². The van der Waals surface area contributed by atoms with Crippen molar-refractivity contribution >= 4 is 24.0 Å². The van der Waals surface area contributed by atoms with Gasteiger partial charge in [-0.15, -0.1) is 0 Å². The van der Waals surface area contributed by atoms with Gasteiger partial charge in [-0.1, -0.05) is 0 Å². The first kappa shape index (κ1) is 9.32. The largest absolute Gasteiger partial charge is 0.383 e. The van der Waals surface area contributed by atoms with E-state index in [1.165, 1.54) is 0 Å². The maximum absolute atomic E-state index is 4.77. The lowest BCUT2D eigenvalue weighted by molar-refractivity contribution is 0.204. The van der Waals surface area contributed by atoms with Gasteiger partial charge in [0.15, 0.2) is 5.11 Å². The third-order valence-corrected chi connectivity index (χ3v) is 1.01. The highest BCUT2D eigenvalue weighted by atomic mass is 32.1. The Bertz CT molecular complexity index is 117. The highest BCUT2D eigenvalue weighted by Crippen LogP contribution is 1.67. The molecule has 0 rings (SSSR count). The SMILES string of the molecule is C=NNC(=S)NCCOC. The van der Waals surface area contributed by atoms with Crippen LogP contribution < -0.4 is 10.7 Å². The molecule has 2 N–H and O–H groups in total. The molecule has 0 radical (unpaired) electrons. The predicted octanol–water partition coefficient (Wildman–Crippen LogP) is -0.288. The van der Waals surface area contributed by atoms with Gasteiger partial charge in [-0.25, -0.2) is 0 Å². The van der Waals surface area contributed by atoms with Crippen molar-refractivity contribution in [2.24, 2.45) is 5.10 Å². The Morgan fingerprint density at radius 1 is 1.80 bits per heavy atom. The summed E-state index contributed by atoms with van der Waals surface area (Å²) in [5.74, 6) is 0. The van der Waals surface area contributed by atoms with Crippen molar-refractivity contribution in [1.29, 1.82) is 0 Å². The number of hydrogen-bond donors (Lipinski definition) is 2. The third kappa shape index (κ3) is 5.46. The van der Waals surface area contributed by atoms with Crippen LogP contribution in [0.1, 0.15) is 0 Å². The molecule has 0 unspecified atom stereocenters. The molecular weight excluding hydrogens is 150 g/mol. The van der Waals surface area contributed by atoms with Crippen molar-refractivity contribution < 1.29 is 4.74 Å². The molecule has 0 fully saturated rings. The minimum Gasteiger partial charge on any atom is -0.383 e. The Labute approximate surface area is 65.6 Å².